The van der Waals surface area contributed by atoms with Crippen molar-refractivity contribution in [1.82, 2.24) is 21.3 Å². The van der Waals surface area contributed by atoms with Crippen molar-refractivity contribution in [2.75, 3.05) is 46.2 Å². The summed E-state index contributed by atoms with van der Waals surface area (Å²) in [5.74, 6) is -8.70. The highest BCUT2D eigenvalue weighted by Gasteiger charge is 2.63. The van der Waals surface area contributed by atoms with Crippen LogP contribution in [0.5, 0.6) is 0 Å². The second-order valence-electron chi connectivity index (χ2n) is 34.6. The zero-order valence-corrected chi connectivity index (χ0v) is 74.5. The molecular formula is C87H154N4O36. The van der Waals surface area contributed by atoms with E-state index < -0.39 is 284 Å². The number of nitrogens with one attached hydrogen (secondary N) is 4. The van der Waals surface area contributed by atoms with Crippen molar-refractivity contribution in [3.8, 4) is 0 Å². The Morgan fingerprint density at radius 1 is 0.409 bits per heavy atom. The number of hydrogen-bond acceptors (Lipinski definition) is 35. The number of carbonyl (C=O) groups is 5. The van der Waals surface area contributed by atoms with E-state index in [9.17, 15) is 121 Å². The summed E-state index contributed by atoms with van der Waals surface area (Å²) in [6, 6.07) is -6.63. The first kappa shape index (κ1) is 111. The van der Waals surface area contributed by atoms with Gasteiger partial charge in [0.25, 0.3) is 5.79 Å². The smallest absolute Gasteiger partial charge is 0.364 e. The first-order valence-corrected chi connectivity index (χ1v) is 46.2. The molecule has 127 heavy (non-hydrogen) atoms. The predicted molar refractivity (Wildman–Crippen MR) is 450 cm³/mol. The SMILES string of the molecule is CCCCCCCC/C=C\CCCCCCCCCCCCCC(=O)N[C@@H](CO[C@@H]1OC(CO)[C@@H](O[C@@H]2OC(CO)[C@H](O[C@@H]3OC(CO)[C@H](O)[C@H](O[C@@H]4OC(CO)[C@H](O[C@@H]5OC(CO)[C@H](O)[C@H](O)C5NC(C)=O)[C@H](O)C4O)C3NC(C)=O)[C@H](O[C@]3(C(=O)O)CC(O)[C@@H](NC(C)=O)C([C@H](O)[C@H](O)CO)O3)C2O)[C@H](O)C1O)[C@H](O)/C=C/CCCCCCCCCCCCC. The molecule has 0 saturated carbocycles. The third kappa shape index (κ3) is 34.8. The second kappa shape index (κ2) is 59.4. The number of aliphatic hydroxyl groups excluding tert-OH is 18. The molecular weight excluding hydrogens is 1680 g/mol. The van der Waals surface area contributed by atoms with Gasteiger partial charge in [0.15, 0.2) is 31.5 Å². The van der Waals surface area contributed by atoms with Crippen LogP contribution >= 0.6 is 0 Å². The molecule has 6 heterocycles. The van der Waals surface area contributed by atoms with Crippen LogP contribution in [0.15, 0.2) is 24.3 Å². The molecule has 40 heteroatoms. The predicted octanol–water partition coefficient (Wildman–Crippen LogP) is -0.958. The van der Waals surface area contributed by atoms with Gasteiger partial charge in [-0.2, -0.15) is 0 Å². The molecule has 0 aromatic rings. The van der Waals surface area contributed by atoms with Gasteiger partial charge in [-0.05, 0) is 44.9 Å². The van der Waals surface area contributed by atoms with E-state index in [4.69, 9.17) is 56.8 Å². The minimum Gasteiger partial charge on any atom is -0.477 e. The van der Waals surface area contributed by atoms with Gasteiger partial charge in [-0.25, -0.2) is 4.79 Å². The quantitative estimate of drug-likeness (QED) is 0.0258. The summed E-state index contributed by atoms with van der Waals surface area (Å²) in [7, 11) is 0. The highest BCUT2D eigenvalue weighted by atomic mass is 16.8. The summed E-state index contributed by atoms with van der Waals surface area (Å²) in [5.41, 5.74) is 0. The molecule has 6 fully saturated rings. The Hall–Kier alpha value is -4.37. The van der Waals surface area contributed by atoms with Crippen LogP contribution in [0.4, 0.5) is 0 Å². The fraction of sp³-hybridized carbons (Fsp3) is 0.897. The first-order chi connectivity index (χ1) is 60.9. The third-order valence-corrected chi connectivity index (χ3v) is 24.3. The van der Waals surface area contributed by atoms with Crippen LogP contribution in [0, 0.1) is 0 Å². The van der Waals surface area contributed by atoms with Crippen LogP contribution in [0.3, 0.4) is 0 Å². The number of ether oxygens (including phenoxy) is 12. The van der Waals surface area contributed by atoms with Crippen LogP contribution < -0.4 is 21.3 Å². The molecule has 0 radical (unpaired) electrons. The van der Waals surface area contributed by atoms with E-state index in [1.165, 1.54) is 115 Å². The number of carboxylic acid groups (broad SMARTS) is 1. The first-order valence-electron chi connectivity index (χ1n) is 46.2. The van der Waals surface area contributed by atoms with Crippen molar-refractivity contribution < 1.29 is 178 Å². The molecule has 40 nitrogen and oxygen atoms in total. The number of hydrogen-bond donors (Lipinski definition) is 23. The second-order valence-corrected chi connectivity index (χ2v) is 34.6. The maximum Gasteiger partial charge on any atom is 0.364 e. The zero-order chi connectivity index (χ0) is 93.3. The molecule has 0 spiro atoms. The number of amides is 4. The van der Waals surface area contributed by atoms with Gasteiger partial charge in [0, 0.05) is 33.6 Å². The zero-order valence-electron chi connectivity index (χ0n) is 74.5. The van der Waals surface area contributed by atoms with Crippen molar-refractivity contribution in [3.63, 3.8) is 0 Å². The summed E-state index contributed by atoms with van der Waals surface area (Å²) in [6.07, 6.45) is -17.0. The van der Waals surface area contributed by atoms with Gasteiger partial charge in [-0.1, -0.05) is 192 Å². The molecule has 4 amide bonds. The van der Waals surface area contributed by atoms with Gasteiger partial charge < -0.3 is 175 Å². The average molecular weight is 1830 g/mol. The van der Waals surface area contributed by atoms with Crippen LogP contribution in [0.1, 0.15) is 247 Å². The normalized spacial score (nSPS) is 34.7. The molecule has 0 bridgehead atoms. The molecule has 738 valence electrons. The number of carboxylic acids is 1. The Morgan fingerprint density at radius 3 is 1.27 bits per heavy atom. The van der Waals surface area contributed by atoms with E-state index in [2.05, 4.69) is 47.3 Å². The Labute approximate surface area is 744 Å². The van der Waals surface area contributed by atoms with E-state index in [-0.39, 0.29) is 6.42 Å². The molecule has 6 saturated heterocycles. The number of aliphatic carboxylic acids is 1. The Kier molecular flexibility index (Phi) is 52.1. The lowest BCUT2D eigenvalue weighted by atomic mass is 9.88. The summed E-state index contributed by atoms with van der Waals surface area (Å²) < 4.78 is 72.6. The van der Waals surface area contributed by atoms with Crippen LogP contribution in [-0.4, -0.2) is 375 Å². The standard InChI is InChI=1S/C87H154N4O36/c1-6-8-10-12-14-16-18-20-21-22-23-24-25-26-27-29-31-33-35-37-39-41-62(104)91-53(54(101)40-38-36-34-32-30-28-19-17-15-13-11-9-7-2)49-116-83-72(111)70(109)76(59(46-95)119-83)123-85-74(113)80(127-87(86(114)115)42-55(102)63(88-50(3)98)79(126-87)66(105)56(103)43-92)77(61(48-97)121-85)124-82-65(90-52(5)100)78(68(107)58(45-94)118-82)125-84-73(112)71(110)75(60(47-96)120-84)122-81-64(89-51(4)99)69(108)67(106)57(44-93)117-81/h20-21,38,40,53-61,63-85,92-97,101-103,105-113H,6-19,22-37,39,41-49H2,1-5H3,(H,88,98)(H,89,99)(H,90,100)(H,91,104)(H,114,115)/b21-20-,40-38+/t53-,54+,55?,56+,57?,58?,59?,60?,61?,63+,64?,65?,66+,67-,68-,69+,70+,71+,72?,73?,74?,75-,76+,77-,78+,79?,80+,81-,82-,83+,84-,85-,87-/m0/s1. The highest BCUT2D eigenvalue weighted by Crippen LogP contribution is 2.42. The van der Waals surface area contributed by atoms with E-state index >= 15 is 0 Å². The van der Waals surface area contributed by atoms with E-state index in [0.717, 1.165) is 97.8 Å². The van der Waals surface area contributed by atoms with Crippen molar-refractivity contribution in [1.29, 1.82) is 0 Å². The van der Waals surface area contributed by atoms with Crippen LogP contribution in [0.2, 0.25) is 0 Å². The number of unbranched alkanes of at least 4 members (excludes halogenated alkanes) is 28. The Morgan fingerprint density at radius 2 is 0.795 bits per heavy atom. The number of allylic oxidation sites excluding steroid dienone is 3. The monoisotopic (exact) mass is 1830 g/mol. The largest absolute Gasteiger partial charge is 0.477 e. The van der Waals surface area contributed by atoms with Gasteiger partial charge in [-0.3, -0.25) is 19.2 Å². The summed E-state index contributed by atoms with van der Waals surface area (Å²) in [6.45, 7) is 0.0126. The third-order valence-electron chi connectivity index (χ3n) is 24.3. The van der Waals surface area contributed by atoms with Crippen molar-refractivity contribution in [3.05, 3.63) is 24.3 Å². The van der Waals surface area contributed by atoms with Crippen molar-refractivity contribution in [2.24, 2.45) is 0 Å². The van der Waals surface area contributed by atoms with E-state index in [1.54, 1.807) is 6.08 Å². The minimum absolute atomic E-state index is 0.110. The van der Waals surface area contributed by atoms with Gasteiger partial charge in [-0.15, -0.1) is 0 Å². The molecule has 33 atom stereocenters. The van der Waals surface area contributed by atoms with Gasteiger partial charge in [0.05, 0.1) is 70.5 Å². The van der Waals surface area contributed by atoms with Gasteiger partial charge in [0.2, 0.25) is 23.6 Å². The van der Waals surface area contributed by atoms with Gasteiger partial charge in [0.1, 0.15) is 140 Å². The van der Waals surface area contributed by atoms with E-state index in [0.29, 0.717) is 12.8 Å². The Balaban J connectivity index is 1.22. The minimum atomic E-state index is -3.45. The number of aliphatic hydroxyl groups is 18. The highest BCUT2D eigenvalue weighted by molar-refractivity contribution is 5.77. The molecule has 6 rings (SSSR count). The summed E-state index contributed by atoms with van der Waals surface area (Å²) in [5, 5.41) is 225. The lowest BCUT2D eigenvalue weighted by Crippen LogP contribution is -2.72. The molecule has 0 aliphatic carbocycles. The lowest BCUT2D eigenvalue weighted by molar-refractivity contribution is -0.404. The van der Waals surface area contributed by atoms with Crippen molar-refractivity contribution in [2.45, 2.75) is 448 Å². The van der Waals surface area contributed by atoms with Gasteiger partial charge >= 0.3 is 5.97 Å². The maximum atomic E-state index is 14.0. The molecule has 12 unspecified atom stereocenters. The fourth-order valence-corrected chi connectivity index (χ4v) is 17.0. The maximum absolute atomic E-state index is 14.0. The average Bonchev–Trinajstić information content (AvgIpc) is 0.745. The van der Waals surface area contributed by atoms with Crippen LogP contribution in [-0.2, 0) is 80.8 Å². The number of rotatable bonds is 61. The lowest BCUT2D eigenvalue weighted by Gasteiger charge is -2.53. The van der Waals surface area contributed by atoms with E-state index in [1.807, 2.05) is 0 Å². The topological polar surface area (TPSA) is 629 Å². The molecule has 23 N–H and O–H groups in total. The number of carbonyl (C=O) groups excluding carboxylic acids is 4. The molecule has 0 aromatic heterocycles. The van der Waals surface area contributed by atoms with Crippen LogP contribution in [0.25, 0.3) is 0 Å². The Bertz CT molecular complexity index is 3120. The molecule has 0 aromatic carbocycles. The molecule has 6 aliphatic heterocycles. The fourth-order valence-electron chi connectivity index (χ4n) is 17.0. The summed E-state index contributed by atoms with van der Waals surface area (Å²) in [4.78, 5) is 66.0. The van der Waals surface area contributed by atoms with Crippen molar-refractivity contribution >= 4 is 29.6 Å². The summed E-state index contributed by atoms with van der Waals surface area (Å²) >= 11 is 0. The molecule has 6 aliphatic rings.